The summed E-state index contributed by atoms with van der Waals surface area (Å²) >= 11 is 0. The van der Waals surface area contributed by atoms with Crippen LogP contribution in [0.2, 0.25) is 0 Å². The maximum atomic E-state index is 12.8. The van der Waals surface area contributed by atoms with Crippen LogP contribution in [0.15, 0.2) is 48.5 Å². The zero-order chi connectivity index (χ0) is 22.5. The van der Waals surface area contributed by atoms with E-state index in [-0.39, 0.29) is 12.4 Å². The van der Waals surface area contributed by atoms with E-state index < -0.39 is 16.0 Å². The second-order valence-corrected chi connectivity index (χ2v) is 10.3. The summed E-state index contributed by atoms with van der Waals surface area (Å²) in [5.74, 6) is -0.835. The van der Waals surface area contributed by atoms with Crippen LogP contribution in [0, 0.1) is 0 Å². The number of hydrogen-bond acceptors (Lipinski definition) is 5. The first-order valence-electron chi connectivity index (χ1n) is 10.7. The number of carbonyl (C=O) groups is 2. The van der Waals surface area contributed by atoms with Gasteiger partial charge in [-0.25, -0.2) is 13.2 Å². The third-order valence-electron chi connectivity index (χ3n) is 6.31. The predicted molar refractivity (Wildman–Crippen MR) is 123 cm³/mol. The van der Waals surface area contributed by atoms with Crippen LogP contribution in [0.25, 0.3) is 10.8 Å². The molecule has 5 rings (SSSR count). The van der Waals surface area contributed by atoms with Gasteiger partial charge in [0.15, 0.2) is 12.4 Å². The number of aryl methyl sites for hydroxylation is 3. The Morgan fingerprint density at radius 1 is 0.969 bits per heavy atom. The lowest BCUT2D eigenvalue weighted by molar-refractivity contribution is 0.0476. The summed E-state index contributed by atoms with van der Waals surface area (Å²) in [7, 11) is -3.37. The second-order valence-electron chi connectivity index (χ2n) is 8.39. The third kappa shape index (κ3) is 3.56. The Bertz CT molecular complexity index is 1370. The van der Waals surface area contributed by atoms with Gasteiger partial charge in [-0.05, 0) is 77.4 Å². The highest BCUT2D eigenvalue weighted by Crippen LogP contribution is 2.33. The van der Waals surface area contributed by atoms with Gasteiger partial charge in [-0.2, -0.15) is 0 Å². The number of carbonyl (C=O) groups excluding carboxylic acids is 2. The molecule has 0 amide bonds. The lowest BCUT2D eigenvalue weighted by Crippen LogP contribution is -2.34. The molecule has 0 unspecified atom stereocenters. The molecule has 0 atom stereocenters. The van der Waals surface area contributed by atoms with Crippen molar-refractivity contribution < 1.29 is 22.7 Å². The van der Waals surface area contributed by atoms with E-state index in [1.54, 1.807) is 24.3 Å². The van der Waals surface area contributed by atoms with Crippen LogP contribution in [0.5, 0.6) is 0 Å². The van der Waals surface area contributed by atoms with E-state index in [1.807, 2.05) is 18.2 Å². The smallest absolute Gasteiger partial charge is 0.339 e. The number of fused-ring (bicyclic) bond motifs is 1. The van der Waals surface area contributed by atoms with E-state index in [4.69, 9.17) is 4.74 Å². The lowest BCUT2D eigenvalue weighted by Gasteiger charge is -2.29. The van der Waals surface area contributed by atoms with Gasteiger partial charge in [0.1, 0.15) is 0 Å². The van der Waals surface area contributed by atoms with E-state index in [2.05, 4.69) is 6.07 Å². The standard InChI is InChI=1S/C25H23NO5S/c1-32(29,30)26-13-3-5-18-14-19(10-12-22(18)26)23(27)15-31-25(28)21-11-9-17-8-7-16-4-2-6-20(21)24(16)17/h2,4,6,9-12,14H,3,5,7-8,13,15H2,1H3. The molecule has 0 saturated heterocycles. The van der Waals surface area contributed by atoms with Crippen LogP contribution in [-0.2, 0) is 34.0 Å². The van der Waals surface area contributed by atoms with E-state index in [0.29, 0.717) is 36.2 Å². The van der Waals surface area contributed by atoms with Gasteiger partial charge in [0.05, 0.1) is 17.5 Å². The number of sulfonamides is 1. The van der Waals surface area contributed by atoms with E-state index in [0.717, 1.165) is 29.2 Å². The van der Waals surface area contributed by atoms with Crippen molar-refractivity contribution in [1.82, 2.24) is 0 Å². The molecular formula is C25H23NO5S. The first-order valence-corrected chi connectivity index (χ1v) is 12.5. The number of hydrogen-bond donors (Lipinski definition) is 0. The number of benzene rings is 3. The predicted octanol–water partition coefficient (Wildman–Crippen LogP) is 3.69. The highest BCUT2D eigenvalue weighted by atomic mass is 32.2. The summed E-state index contributed by atoms with van der Waals surface area (Å²) in [5, 5.41) is 1.99. The van der Waals surface area contributed by atoms with Crippen LogP contribution in [0.1, 0.15) is 43.8 Å². The minimum Gasteiger partial charge on any atom is -0.454 e. The minimum atomic E-state index is -3.37. The Balaban J connectivity index is 1.34. The number of nitrogens with zero attached hydrogens (tertiary/aromatic N) is 1. The molecule has 2 aliphatic rings. The van der Waals surface area contributed by atoms with E-state index in [1.165, 1.54) is 21.7 Å². The minimum absolute atomic E-state index is 0.316. The summed E-state index contributed by atoms with van der Waals surface area (Å²) in [5.41, 5.74) is 4.77. The third-order valence-corrected chi connectivity index (χ3v) is 7.49. The van der Waals surface area contributed by atoms with Gasteiger partial charge in [0, 0.05) is 12.1 Å². The Morgan fingerprint density at radius 2 is 1.75 bits per heavy atom. The molecule has 6 nitrogen and oxygen atoms in total. The normalized spacial score (nSPS) is 15.0. The van der Waals surface area contributed by atoms with Gasteiger partial charge in [-0.3, -0.25) is 9.10 Å². The molecule has 0 bridgehead atoms. The first-order chi connectivity index (χ1) is 15.3. The Labute approximate surface area is 186 Å². The van der Waals surface area contributed by atoms with Crippen LogP contribution in [-0.4, -0.2) is 39.6 Å². The molecule has 0 fully saturated rings. The number of rotatable bonds is 5. The van der Waals surface area contributed by atoms with Crippen molar-refractivity contribution >= 4 is 38.2 Å². The molecule has 1 aliphatic heterocycles. The molecule has 0 aromatic heterocycles. The zero-order valence-electron chi connectivity index (χ0n) is 17.8. The van der Waals surface area contributed by atoms with Crippen molar-refractivity contribution in [2.45, 2.75) is 25.7 Å². The van der Waals surface area contributed by atoms with E-state index >= 15 is 0 Å². The quantitative estimate of drug-likeness (QED) is 0.438. The van der Waals surface area contributed by atoms with E-state index in [9.17, 15) is 18.0 Å². The lowest BCUT2D eigenvalue weighted by atomic mass is 9.99. The molecule has 3 aromatic carbocycles. The Morgan fingerprint density at radius 3 is 2.53 bits per heavy atom. The number of Topliss-reactive ketones (excluding diaryl/α,β-unsaturated/α-hetero) is 1. The highest BCUT2D eigenvalue weighted by Gasteiger charge is 2.25. The molecule has 0 radical (unpaired) electrons. The molecule has 0 N–H and O–H groups in total. The fourth-order valence-corrected chi connectivity index (χ4v) is 5.79. The van der Waals surface area contributed by atoms with Gasteiger partial charge >= 0.3 is 5.97 Å². The Kier molecular flexibility index (Phi) is 5.01. The second kappa shape index (κ2) is 7.74. The number of ether oxygens (including phenoxy) is 1. The van der Waals surface area contributed by atoms with Crippen LogP contribution in [0.3, 0.4) is 0 Å². The summed E-state index contributed by atoms with van der Waals surface area (Å²) < 4.78 is 30.8. The van der Waals surface area contributed by atoms with Crippen molar-refractivity contribution in [3.8, 4) is 0 Å². The Hall–Kier alpha value is -3.19. The van der Waals surface area contributed by atoms with Gasteiger partial charge in [0.25, 0.3) is 0 Å². The number of esters is 1. The molecule has 1 heterocycles. The zero-order valence-corrected chi connectivity index (χ0v) is 18.6. The fourth-order valence-electron chi connectivity index (χ4n) is 4.80. The van der Waals surface area contributed by atoms with Crippen molar-refractivity contribution in [3.05, 3.63) is 76.3 Å². The topological polar surface area (TPSA) is 80.8 Å². The number of anilines is 1. The maximum Gasteiger partial charge on any atom is 0.339 e. The van der Waals surface area contributed by atoms with Gasteiger partial charge in [-0.1, -0.05) is 24.3 Å². The first kappa shape index (κ1) is 20.7. The molecule has 1 aliphatic carbocycles. The van der Waals surface area contributed by atoms with Gasteiger partial charge < -0.3 is 4.74 Å². The van der Waals surface area contributed by atoms with Crippen LogP contribution in [0.4, 0.5) is 5.69 Å². The van der Waals surface area contributed by atoms with Crippen molar-refractivity contribution in [2.24, 2.45) is 0 Å². The van der Waals surface area contributed by atoms with Crippen LogP contribution >= 0.6 is 0 Å². The summed E-state index contributed by atoms with van der Waals surface area (Å²) in [6.07, 6.45) is 4.51. The monoisotopic (exact) mass is 449 g/mol. The van der Waals surface area contributed by atoms with Crippen molar-refractivity contribution in [1.29, 1.82) is 0 Å². The average Bonchev–Trinajstić information content (AvgIpc) is 3.21. The SMILES string of the molecule is CS(=O)(=O)N1CCCc2cc(C(=O)COC(=O)c3ccc4c5c(cccc35)CC4)ccc21. The molecule has 0 spiro atoms. The summed E-state index contributed by atoms with van der Waals surface area (Å²) in [6.45, 7) is 0.0710. The largest absolute Gasteiger partial charge is 0.454 e. The van der Waals surface area contributed by atoms with Gasteiger partial charge in [0.2, 0.25) is 10.0 Å². The average molecular weight is 450 g/mol. The molecule has 7 heteroatoms. The summed E-state index contributed by atoms with van der Waals surface area (Å²) in [6, 6.07) is 14.7. The fraction of sp³-hybridized carbons (Fsp3) is 0.280. The molecule has 164 valence electrons. The van der Waals surface area contributed by atoms with Gasteiger partial charge in [-0.15, -0.1) is 0 Å². The van der Waals surface area contributed by atoms with Crippen LogP contribution < -0.4 is 4.31 Å². The van der Waals surface area contributed by atoms with Crippen molar-refractivity contribution in [2.75, 3.05) is 23.7 Å². The molecule has 32 heavy (non-hydrogen) atoms. The molecular weight excluding hydrogens is 426 g/mol. The number of ketones is 1. The maximum absolute atomic E-state index is 12.8. The molecule has 0 saturated carbocycles. The van der Waals surface area contributed by atoms with Crippen molar-refractivity contribution in [3.63, 3.8) is 0 Å². The highest BCUT2D eigenvalue weighted by molar-refractivity contribution is 7.92. The summed E-state index contributed by atoms with van der Waals surface area (Å²) in [4.78, 5) is 25.5. The molecule has 3 aromatic rings.